The minimum Gasteiger partial charge on any atom is -0.357 e. The van der Waals surface area contributed by atoms with Gasteiger partial charge in [-0.05, 0) is 42.8 Å². The second-order valence-corrected chi connectivity index (χ2v) is 6.11. The predicted octanol–water partition coefficient (Wildman–Crippen LogP) is 2.38. The van der Waals surface area contributed by atoms with E-state index in [1.165, 1.54) is 24.2 Å². The van der Waals surface area contributed by atoms with Gasteiger partial charge in [0, 0.05) is 19.3 Å². The van der Waals surface area contributed by atoms with Crippen LogP contribution in [0.3, 0.4) is 0 Å². The van der Waals surface area contributed by atoms with Crippen molar-refractivity contribution in [2.45, 2.75) is 26.3 Å². The highest BCUT2D eigenvalue weighted by atomic mass is 32.1. The maximum absolute atomic E-state index is 12.0. The van der Waals surface area contributed by atoms with E-state index in [0.29, 0.717) is 12.4 Å². The molecule has 2 aromatic rings. The second-order valence-electron chi connectivity index (χ2n) is 5.20. The lowest BCUT2D eigenvalue weighted by molar-refractivity contribution is 0.0954. The zero-order valence-corrected chi connectivity index (χ0v) is 12.8. The van der Waals surface area contributed by atoms with E-state index in [4.69, 9.17) is 0 Å². The number of aryl methyl sites for hydroxylation is 1. The smallest absolute Gasteiger partial charge is 0.261 e. The van der Waals surface area contributed by atoms with Crippen molar-refractivity contribution in [1.82, 2.24) is 15.3 Å². The molecule has 5 nitrogen and oxygen atoms in total. The van der Waals surface area contributed by atoms with Crippen molar-refractivity contribution < 1.29 is 4.79 Å². The largest absolute Gasteiger partial charge is 0.357 e. The summed E-state index contributed by atoms with van der Waals surface area (Å²) in [5.74, 6) is 1.54. The van der Waals surface area contributed by atoms with Crippen molar-refractivity contribution >= 4 is 23.1 Å². The van der Waals surface area contributed by atoms with Gasteiger partial charge in [0.2, 0.25) is 0 Å². The Balaban J connectivity index is 1.62. The molecule has 6 heteroatoms. The number of carbonyl (C=O) groups excluding carboxylic acids is 1. The van der Waals surface area contributed by atoms with Crippen LogP contribution in [-0.2, 0) is 6.54 Å². The highest BCUT2D eigenvalue weighted by Gasteiger charge is 2.14. The Morgan fingerprint density at radius 3 is 2.95 bits per heavy atom. The highest BCUT2D eigenvalue weighted by molar-refractivity contribution is 7.12. The number of hydrogen-bond donors (Lipinski definition) is 1. The first-order valence-corrected chi connectivity index (χ1v) is 8.00. The zero-order valence-electron chi connectivity index (χ0n) is 12.0. The molecule has 0 atom stereocenters. The first-order valence-electron chi connectivity index (χ1n) is 7.12. The third-order valence-corrected chi connectivity index (χ3v) is 4.53. The number of nitrogens with one attached hydrogen (secondary N) is 1. The van der Waals surface area contributed by atoms with E-state index in [2.05, 4.69) is 20.2 Å². The summed E-state index contributed by atoms with van der Waals surface area (Å²) >= 11 is 1.46. The fraction of sp³-hybridized carbons (Fsp3) is 0.400. The maximum Gasteiger partial charge on any atom is 0.261 e. The maximum atomic E-state index is 12.0. The number of aromatic nitrogens is 2. The summed E-state index contributed by atoms with van der Waals surface area (Å²) in [7, 11) is 0. The molecule has 0 unspecified atom stereocenters. The molecule has 110 valence electrons. The summed E-state index contributed by atoms with van der Waals surface area (Å²) in [4.78, 5) is 23.8. The molecule has 1 N–H and O–H groups in total. The van der Waals surface area contributed by atoms with Crippen molar-refractivity contribution in [3.8, 4) is 0 Å². The Labute approximate surface area is 128 Å². The standard InChI is InChI=1S/C15H18N4OS/c1-11-8-12(21-10-11)15(20)17-9-13-16-5-4-14(18-13)19-6-2-3-7-19/h4-5,8,10H,2-3,6-7,9H2,1H3,(H,17,20). The molecule has 1 aliphatic heterocycles. The van der Waals surface area contributed by atoms with Crippen LogP contribution >= 0.6 is 11.3 Å². The van der Waals surface area contributed by atoms with Gasteiger partial charge in [0.25, 0.3) is 5.91 Å². The van der Waals surface area contributed by atoms with E-state index in [0.717, 1.165) is 29.3 Å². The fourth-order valence-corrected chi connectivity index (χ4v) is 3.21. The van der Waals surface area contributed by atoms with Crippen LogP contribution in [0.5, 0.6) is 0 Å². The van der Waals surface area contributed by atoms with E-state index in [9.17, 15) is 4.79 Å². The van der Waals surface area contributed by atoms with Crippen molar-refractivity contribution in [2.75, 3.05) is 18.0 Å². The number of nitrogens with zero attached hydrogens (tertiary/aromatic N) is 3. The zero-order chi connectivity index (χ0) is 14.7. The highest BCUT2D eigenvalue weighted by Crippen LogP contribution is 2.17. The molecule has 0 spiro atoms. The molecule has 0 aliphatic carbocycles. The van der Waals surface area contributed by atoms with Crippen molar-refractivity contribution in [3.05, 3.63) is 40.0 Å². The first-order chi connectivity index (χ1) is 10.2. The van der Waals surface area contributed by atoms with Gasteiger partial charge in [0.15, 0.2) is 0 Å². The lowest BCUT2D eigenvalue weighted by Gasteiger charge is -2.16. The SMILES string of the molecule is Cc1csc(C(=O)NCc2nccc(N3CCCC3)n2)c1. The molecule has 1 amide bonds. The Morgan fingerprint density at radius 1 is 1.43 bits per heavy atom. The molecule has 0 radical (unpaired) electrons. The van der Waals surface area contributed by atoms with Gasteiger partial charge < -0.3 is 10.2 Å². The number of amides is 1. The molecular formula is C15H18N4OS. The van der Waals surface area contributed by atoms with Crippen LogP contribution in [0.2, 0.25) is 0 Å². The first kappa shape index (κ1) is 14.0. The average Bonchev–Trinajstić information content (AvgIpc) is 3.16. The van der Waals surface area contributed by atoms with E-state index in [-0.39, 0.29) is 5.91 Å². The van der Waals surface area contributed by atoms with Gasteiger partial charge in [-0.2, -0.15) is 0 Å². The number of anilines is 1. The third kappa shape index (κ3) is 3.39. The molecule has 0 aromatic carbocycles. The number of thiophene rings is 1. The van der Waals surface area contributed by atoms with Gasteiger partial charge in [-0.15, -0.1) is 11.3 Å². The van der Waals surface area contributed by atoms with Crippen LogP contribution in [-0.4, -0.2) is 29.0 Å². The molecule has 0 bridgehead atoms. The molecule has 2 aromatic heterocycles. The summed E-state index contributed by atoms with van der Waals surface area (Å²) < 4.78 is 0. The van der Waals surface area contributed by atoms with Crippen LogP contribution in [0.15, 0.2) is 23.7 Å². The van der Waals surface area contributed by atoms with Gasteiger partial charge in [0.1, 0.15) is 11.6 Å². The minimum absolute atomic E-state index is 0.0664. The van der Waals surface area contributed by atoms with Crippen molar-refractivity contribution in [1.29, 1.82) is 0 Å². The molecule has 3 heterocycles. The van der Waals surface area contributed by atoms with E-state index in [1.807, 2.05) is 24.4 Å². The Morgan fingerprint density at radius 2 is 2.24 bits per heavy atom. The second kappa shape index (κ2) is 6.22. The van der Waals surface area contributed by atoms with E-state index >= 15 is 0 Å². The van der Waals surface area contributed by atoms with E-state index < -0.39 is 0 Å². The summed E-state index contributed by atoms with van der Waals surface area (Å²) in [6.07, 6.45) is 4.19. The lowest BCUT2D eigenvalue weighted by Crippen LogP contribution is -2.24. The predicted molar refractivity (Wildman–Crippen MR) is 83.7 cm³/mol. The fourth-order valence-electron chi connectivity index (χ4n) is 2.39. The van der Waals surface area contributed by atoms with Crippen LogP contribution in [0.1, 0.15) is 33.9 Å². The van der Waals surface area contributed by atoms with Crippen LogP contribution in [0.25, 0.3) is 0 Å². The van der Waals surface area contributed by atoms with Crippen LogP contribution in [0, 0.1) is 6.92 Å². The average molecular weight is 302 g/mol. The van der Waals surface area contributed by atoms with Crippen LogP contribution < -0.4 is 10.2 Å². The summed E-state index contributed by atoms with van der Waals surface area (Å²) in [5, 5.41) is 4.85. The number of rotatable bonds is 4. The molecular weight excluding hydrogens is 284 g/mol. The summed E-state index contributed by atoms with van der Waals surface area (Å²) in [6.45, 7) is 4.45. The Hall–Kier alpha value is -1.95. The monoisotopic (exact) mass is 302 g/mol. The van der Waals surface area contributed by atoms with Crippen LogP contribution in [0.4, 0.5) is 5.82 Å². The molecule has 3 rings (SSSR count). The Kier molecular flexibility index (Phi) is 4.15. The summed E-state index contributed by atoms with van der Waals surface area (Å²) in [5.41, 5.74) is 1.11. The molecule has 1 aliphatic rings. The van der Waals surface area contributed by atoms with Crippen molar-refractivity contribution in [3.63, 3.8) is 0 Å². The van der Waals surface area contributed by atoms with Gasteiger partial charge in [-0.25, -0.2) is 9.97 Å². The van der Waals surface area contributed by atoms with Gasteiger partial charge in [0.05, 0.1) is 11.4 Å². The molecule has 1 fully saturated rings. The quantitative estimate of drug-likeness (QED) is 0.942. The third-order valence-electron chi connectivity index (χ3n) is 3.48. The topological polar surface area (TPSA) is 58.1 Å². The van der Waals surface area contributed by atoms with Gasteiger partial charge in [-0.1, -0.05) is 0 Å². The van der Waals surface area contributed by atoms with Gasteiger partial charge >= 0.3 is 0 Å². The molecule has 0 saturated carbocycles. The van der Waals surface area contributed by atoms with E-state index in [1.54, 1.807) is 6.20 Å². The lowest BCUT2D eigenvalue weighted by atomic mass is 10.3. The summed E-state index contributed by atoms with van der Waals surface area (Å²) in [6, 6.07) is 3.82. The molecule has 21 heavy (non-hydrogen) atoms. The van der Waals surface area contributed by atoms with Gasteiger partial charge in [-0.3, -0.25) is 4.79 Å². The number of hydrogen-bond acceptors (Lipinski definition) is 5. The normalized spacial score (nSPS) is 14.4. The Bertz CT molecular complexity index is 634. The minimum atomic E-state index is -0.0664. The molecule has 1 saturated heterocycles. The number of carbonyl (C=O) groups is 1. The van der Waals surface area contributed by atoms with Crippen molar-refractivity contribution in [2.24, 2.45) is 0 Å².